The molecule has 1 amide bonds. The zero-order valence-corrected chi connectivity index (χ0v) is 13.4. The quantitative estimate of drug-likeness (QED) is 0.785. The standard InChI is InChI=1S/C13H21BrN4O2/c1-2-18-10-11(14)12(16-18)13(19)15-4-3-5-17-6-8-20-9-7-17/h10H,2-9H2,1H3,(H,15,19). The van der Waals surface area contributed by atoms with Gasteiger partial charge in [-0.2, -0.15) is 5.10 Å². The molecule has 112 valence electrons. The fourth-order valence-electron chi connectivity index (χ4n) is 2.13. The van der Waals surface area contributed by atoms with Crippen LogP contribution in [0, 0.1) is 0 Å². The number of nitrogens with zero attached hydrogens (tertiary/aromatic N) is 3. The van der Waals surface area contributed by atoms with Gasteiger partial charge >= 0.3 is 0 Å². The molecule has 0 spiro atoms. The van der Waals surface area contributed by atoms with Crippen molar-refractivity contribution in [2.24, 2.45) is 0 Å². The fourth-order valence-corrected chi connectivity index (χ4v) is 2.62. The van der Waals surface area contributed by atoms with Crippen molar-refractivity contribution in [3.63, 3.8) is 0 Å². The number of rotatable bonds is 6. The number of hydrogen-bond acceptors (Lipinski definition) is 4. The normalized spacial score (nSPS) is 16.3. The van der Waals surface area contributed by atoms with Crippen LogP contribution < -0.4 is 5.32 Å². The molecule has 1 saturated heterocycles. The van der Waals surface area contributed by atoms with Crippen LogP contribution in [0.5, 0.6) is 0 Å². The summed E-state index contributed by atoms with van der Waals surface area (Å²) in [5.41, 5.74) is 0.457. The summed E-state index contributed by atoms with van der Waals surface area (Å²) < 4.78 is 7.78. The predicted octanol–water partition coefficient (Wildman–Crippen LogP) is 1.12. The van der Waals surface area contributed by atoms with Crippen molar-refractivity contribution in [2.75, 3.05) is 39.4 Å². The molecule has 0 atom stereocenters. The molecule has 2 heterocycles. The van der Waals surface area contributed by atoms with Crippen LogP contribution in [0.25, 0.3) is 0 Å². The predicted molar refractivity (Wildman–Crippen MR) is 79.8 cm³/mol. The third-order valence-electron chi connectivity index (χ3n) is 3.30. The Morgan fingerprint density at radius 2 is 2.25 bits per heavy atom. The summed E-state index contributed by atoms with van der Waals surface area (Å²) >= 11 is 3.36. The van der Waals surface area contributed by atoms with Gasteiger partial charge in [-0.25, -0.2) is 0 Å². The first-order valence-electron chi connectivity index (χ1n) is 7.02. The Kier molecular flexibility index (Phi) is 6.00. The minimum atomic E-state index is -0.119. The van der Waals surface area contributed by atoms with E-state index in [1.54, 1.807) is 4.68 Å². The summed E-state index contributed by atoms with van der Waals surface area (Å²) in [6.45, 7) is 8.00. The zero-order chi connectivity index (χ0) is 14.4. The van der Waals surface area contributed by atoms with Crippen LogP contribution in [0.2, 0.25) is 0 Å². The molecule has 6 nitrogen and oxygen atoms in total. The first-order valence-corrected chi connectivity index (χ1v) is 7.81. The number of halogens is 1. The molecule has 2 rings (SSSR count). The average Bonchev–Trinajstić information content (AvgIpc) is 2.86. The maximum absolute atomic E-state index is 12.0. The van der Waals surface area contributed by atoms with Gasteiger partial charge in [-0.05, 0) is 35.8 Å². The van der Waals surface area contributed by atoms with Crippen molar-refractivity contribution in [2.45, 2.75) is 19.9 Å². The number of carbonyl (C=O) groups excluding carboxylic acids is 1. The van der Waals surface area contributed by atoms with Crippen LogP contribution in [-0.2, 0) is 11.3 Å². The molecule has 0 aromatic carbocycles. The Morgan fingerprint density at radius 1 is 1.50 bits per heavy atom. The minimum Gasteiger partial charge on any atom is -0.379 e. The second-order valence-electron chi connectivity index (χ2n) is 4.74. The summed E-state index contributed by atoms with van der Waals surface area (Å²) in [5.74, 6) is -0.119. The number of ether oxygens (including phenoxy) is 1. The molecule has 0 aliphatic carbocycles. The van der Waals surface area contributed by atoms with E-state index < -0.39 is 0 Å². The molecule has 0 bridgehead atoms. The van der Waals surface area contributed by atoms with Crippen molar-refractivity contribution < 1.29 is 9.53 Å². The van der Waals surface area contributed by atoms with E-state index in [1.807, 2.05) is 13.1 Å². The molecule has 0 unspecified atom stereocenters. The third kappa shape index (κ3) is 4.29. The van der Waals surface area contributed by atoms with Crippen molar-refractivity contribution in [1.82, 2.24) is 20.0 Å². The Bertz CT molecular complexity index is 444. The van der Waals surface area contributed by atoms with Crippen molar-refractivity contribution in [3.8, 4) is 0 Å². The van der Waals surface area contributed by atoms with Crippen LogP contribution in [0.15, 0.2) is 10.7 Å². The second kappa shape index (κ2) is 7.75. The highest BCUT2D eigenvalue weighted by Gasteiger charge is 2.14. The smallest absolute Gasteiger partial charge is 0.272 e. The van der Waals surface area contributed by atoms with E-state index in [2.05, 4.69) is 31.2 Å². The van der Waals surface area contributed by atoms with E-state index in [1.165, 1.54) is 0 Å². The van der Waals surface area contributed by atoms with Gasteiger partial charge in [-0.1, -0.05) is 0 Å². The molecule has 0 radical (unpaired) electrons. The molecular formula is C13H21BrN4O2. The van der Waals surface area contributed by atoms with Gasteiger partial charge < -0.3 is 10.1 Å². The number of morpholine rings is 1. The topological polar surface area (TPSA) is 59.4 Å². The number of nitrogens with one attached hydrogen (secondary N) is 1. The Hall–Kier alpha value is -0.920. The average molecular weight is 345 g/mol. The zero-order valence-electron chi connectivity index (χ0n) is 11.8. The van der Waals surface area contributed by atoms with Gasteiger partial charge in [0.05, 0.1) is 17.7 Å². The lowest BCUT2D eigenvalue weighted by Crippen LogP contribution is -2.38. The van der Waals surface area contributed by atoms with E-state index in [0.29, 0.717) is 12.2 Å². The van der Waals surface area contributed by atoms with E-state index in [9.17, 15) is 4.79 Å². The van der Waals surface area contributed by atoms with Crippen molar-refractivity contribution in [1.29, 1.82) is 0 Å². The lowest BCUT2D eigenvalue weighted by molar-refractivity contribution is 0.0374. The van der Waals surface area contributed by atoms with E-state index >= 15 is 0 Å². The summed E-state index contributed by atoms with van der Waals surface area (Å²) in [7, 11) is 0. The molecule has 1 aliphatic rings. The number of hydrogen-bond donors (Lipinski definition) is 1. The van der Waals surface area contributed by atoms with E-state index in [-0.39, 0.29) is 5.91 Å². The lowest BCUT2D eigenvalue weighted by atomic mass is 10.3. The number of aryl methyl sites for hydroxylation is 1. The van der Waals surface area contributed by atoms with Crippen LogP contribution in [0.1, 0.15) is 23.8 Å². The highest BCUT2D eigenvalue weighted by Crippen LogP contribution is 2.14. The van der Waals surface area contributed by atoms with Crippen LogP contribution in [-0.4, -0.2) is 60.0 Å². The Morgan fingerprint density at radius 3 is 2.90 bits per heavy atom. The highest BCUT2D eigenvalue weighted by molar-refractivity contribution is 9.10. The number of aromatic nitrogens is 2. The molecule has 1 aromatic rings. The molecule has 1 aliphatic heterocycles. The molecule has 1 aromatic heterocycles. The highest BCUT2D eigenvalue weighted by atomic mass is 79.9. The number of amides is 1. The van der Waals surface area contributed by atoms with Crippen molar-refractivity contribution in [3.05, 3.63) is 16.4 Å². The van der Waals surface area contributed by atoms with E-state index in [4.69, 9.17) is 4.74 Å². The van der Waals surface area contributed by atoms with Crippen LogP contribution in [0.4, 0.5) is 0 Å². The molecule has 7 heteroatoms. The maximum atomic E-state index is 12.0. The Labute approximate surface area is 127 Å². The molecule has 20 heavy (non-hydrogen) atoms. The first-order chi connectivity index (χ1) is 9.70. The SMILES string of the molecule is CCn1cc(Br)c(C(=O)NCCCN2CCOCC2)n1. The summed E-state index contributed by atoms with van der Waals surface area (Å²) in [4.78, 5) is 14.4. The lowest BCUT2D eigenvalue weighted by Gasteiger charge is -2.26. The van der Waals surface area contributed by atoms with Crippen LogP contribution in [0.3, 0.4) is 0 Å². The summed E-state index contributed by atoms with van der Waals surface area (Å²) in [6, 6.07) is 0. The maximum Gasteiger partial charge on any atom is 0.272 e. The monoisotopic (exact) mass is 344 g/mol. The molecule has 0 saturated carbocycles. The molecule has 1 fully saturated rings. The summed E-state index contributed by atoms with van der Waals surface area (Å²) in [6.07, 6.45) is 2.76. The molecular weight excluding hydrogens is 324 g/mol. The van der Waals surface area contributed by atoms with Gasteiger partial charge in [0, 0.05) is 32.4 Å². The summed E-state index contributed by atoms with van der Waals surface area (Å²) in [5, 5.41) is 7.14. The fraction of sp³-hybridized carbons (Fsp3) is 0.692. The van der Waals surface area contributed by atoms with Gasteiger partial charge in [0.15, 0.2) is 5.69 Å². The van der Waals surface area contributed by atoms with Gasteiger partial charge in [0.1, 0.15) is 0 Å². The van der Waals surface area contributed by atoms with Gasteiger partial charge in [-0.3, -0.25) is 14.4 Å². The van der Waals surface area contributed by atoms with Gasteiger partial charge in [0.2, 0.25) is 0 Å². The largest absolute Gasteiger partial charge is 0.379 e. The van der Waals surface area contributed by atoms with E-state index in [0.717, 1.165) is 50.3 Å². The second-order valence-corrected chi connectivity index (χ2v) is 5.60. The first kappa shape index (κ1) is 15.5. The van der Waals surface area contributed by atoms with Crippen LogP contribution >= 0.6 is 15.9 Å². The Balaban J connectivity index is 1.70. The third-order valence-corrected chi connectivity index (χ3v) is 3.88. The van der Waals surface area contributed by atoms with Crippen molar-refractivity contribution >= 4 is 21.8 Å². The minimum absolute atomic E-state index is 0.119. The van der Waals surface area contributed by atoms with Gasteiger partial charge in [-0.15, -0.1) is 0 Å². The number of carbonyl (C=O) groups is 1. The van der Waals surface area contributed by atoms with Gasteiger partial charge in [0.25, 0.3) is 5.91 Å². The molecule has 1 N–H and O–H groups in total.